The first kappa shape index (κ1) is 36.1. The van der Waals surface area contributed by atoms with Crippen LogP contribution < -0.4 is 4.90 Å². The van der Waals surface area contributed by atoms with Crippen molar-refractivity contribution in [2.45, 2.75) is 6.92 Å². The van der Waals surface area contributed by atoms with Gasteiger partial charge in [0.2, 0.25) is 0 Å². The van der Waals surface area contributed by atoms with E-state index < -0.39 is 0 Å². The van der Waals surface area contributed by atoms with Crippen LogP contribution in [0.3, 0.4) is 0 Å². The van der Waals surface area contributed by atoms with Gasteiger partial charge in [-0.3, -0.25) is 0 Å². The summed E-state index contributed by atoms with van der Waals surface area (Å²) in [4.78, 5) is 2.36. The number of hydrogen-bond donors (Lipinski definition) is 0. The molecule has 1 nitrogen and oxygen atoms in total. The largest absolute Gasteiger partial charge is 0.311 e. The van der Waals surface area contributed by atoms with E-state index >= 15 is 0 Å². The smallest absolute Gasteiger partial charge is 0.0462 e. The Hall–Kier alpha value is -7.26. The third kappa shape index (κ3) is 6.95. The van der Waals surface area contributed by atoms with Gasteiger partial charge in [-0.1, -0.05) is 176 Å². The van der Waals surface area contributed by atoms with Crippen molar-refractivity contribution in [3.63, 3.8) is 0 Å². The van der Waals surface area contributed by atoms with E-state index in [1.165, 1.54) is 70.2 Å². The number of fused-ring (bicyclic) bond motifs is 3. The number of benzene rings is 9. The van der Waals surface area contributed by atoms with Crippen molar-refractivity contribution in [2.24, 2.45) is 0 Å². The molecule has 0 spiro atoms. The van der Waals surface area contributed by atoms with Crippen LogP contribution in [0.4, 0.5) is 17.1 Å². The van der Waals surface area contributed by atoms with E-state index in [-0.39, 0.29) is 0 Å². The predicted octanol–water partition coefficient (Wildman–Crippen LogP) is 16.6. The van der Waals surface area contributed by atoms with E-state index in [2.05, 4.69) is 231 Å². The number of aryl methyl sites for hydroxylation is 1. The van der Waals surface area contributed by atoms with Crippen LogP contribution in [-0.4, -0.2) is 0 Å². The molecule has 0 aliphatic rings. The molecule has 0 aliphatic heterocycles. The molecular formula is C57H41NS. The zero-order valence-electron chi connectivity index (χ0n) is 32.8. The zero-order chi connectivity index (χ0) is 39.7. The predicted molar refractivity (Wildman–Crippen MR) is 255 cm³/mol. The van der Waals surface area contributed by atoms with Gasteiger partial charge in [-0.05, 0) is 122 Å². The Morgan fingerprint density at radius 3 is 1.61 bits per heavy atom. The van der Waals surface area contributed by atoms with E-state index in [1.807, 2.05) is 17.4 Å². The fraction of sp³-hybridized carbons (Fsp3) is 0.0175. The average Bonchev–Trinajstić information content (AvgIpc) is 3.70. The maximum atomic E-state index is 4.52. The normalized spacial score (nSPS) is 11.2. The van der Waals surface area contributed by atoms with Crippen LogP contribution in [0, 0.1) is 6.92 Å². The van der Waals surface area contributed by atoms with Gasteiger partial charge in [0.1, 0.15) is 0 Å². The van der Waals surface area contributed by atoms with Gasteiger partial charge in [0.05, 0.1) is 0 Å². The molecule has 0 saturated heterocycles. The lowest BCUT2D eigenvalue weighted by Gasteiger charge is -2.26. The van der Waals surface area contributed by atoms with Crippen LogP contribution in [0.15, 0.2) is 225 Å². The minimum Gasteiger partial charge on any atom is -0.311 e. The van der Waals surface area contributed by atoms with Crippen molar-refractivity contribution in [3.05, 3.63) is 242 Å². The minimum absolute atomic E-state index is 1.03. The van der Waals surface area contributed by atoms with E-state index in [9.17, 15) is 0 Å². The molecule has 2 heteroatoms. The Morgan fingerprint density at radius 2 is 0.915 bits per heavy atom. The Kier molecular flexibility index (Phi) is 9.54. The second-order valence-corrected chi connectivity index (χ2v) is 16.1. The summed E-state index contributed by atoms with van der Waals surface area (Å²) in [7, 11) is 0. The highest BCUT2D eigenvalue weighted by Gasteiger charge is 2.17. The molecule has 1 heterocycles. The van der Waals surface area contributed by atoms with E-state index in [0.717, 1.165) is 33.8 Å². The lowest BCUT2D eigenvalue weighted by molar-refractivity contribution is 1.28. The molecule has 0 radical (unpaired) electrons. The second kappa shape index (κ2) is 15.6. The van der Waals surface area contributed by atoms with Gasteiger partial charge in [0, 0.05) is 37.2 Å². The first-order chi connectivity index (χ1) is 29.1. The van der Waals surface area contributed by atoms with E-state index in [0.29, 0.717) is 0 Å². The van der Waals surface area contributed by atoms with Gasteiger partial charge in [-0.2, -0.15) is 0 Å². The van der Waals surface area contributed by atoms with Crippen LogP contribution in [0.25, 0.3) is 70.3 Å². The molecular weight excluding hydrogens is 731 g/mol. The van der Waals surface area contributed by atoms with Gasteiger partial charge in [-0.25, -0.2) is 0 Å². The maximum Gasteiger partial charge on any atom is 0.0462 e. The number of anilines is 3. The Bertz CT molecular complexity index is 3090. The molecule has 59 heavy (non-hydrogen) atoms. The lowest BCUT2D eigenvalue weighted by atomic mass is 9.88. The van der Waals surface area contributed by atoms with E-state index in [1.54, 1.807) is 0 Å². The summed E-state index contributed by atoms with van der Waals surface area (Å²) in [5.41, 5.74) is 17.5. The van der Waals surface area contributed by atoms with Gasteiger partial charge in [0.25, 0.3) is 0 Å². The van der Waals surface area contributed by atoms with Crippen molar-refractivity contribution in [1.29, 1.82) is 0 Å². The third-order valence-corrected chi connectivity index (χ3v) is 12.7. The Labute approximate surface area is 350 Å². The van der Waals surface area contributed by atoms with Gasteiger partial charge in [-0.15, -0.1) is 11.3 Å². The average molecular weight is 772 g/mol. The van der Waals surface area contributed by atoms with Crippen molar-refractivity contribution < 1.29 is 0 Å². The van der Waals surface area contributed by atoms with Crippen molar-refractivity contribution in [2.75, 3.05) is 4.90 Å². The second-order valence-electron chi connectivity index (χ2n) is 15.0. The molecule has 0 amide bonds. The van der Waals surface area contributed by atoms with Crippen LogP contribution in [-0.2, 0) is 0 Å². The standard InChI is InChI=1S/C57H41NS/c1-39-24-25-46(38-55(39)52-19-10-9-18-50(52)40(2)41-14-5-3-6-15-41)44-28-34-48(35-29-44)58(47-32-26-43(27-33-47)42-16-7-4-8-17-42)49-36-30-45(31-37-49)51-21-13-22-54-53-20-11-12-23-56(53)59-57(51)54/h3-38H,2H2,1H3. The highest BCUT2D eigenvalue weighted by Crippen LogP contribution is 2.42. The fourth-order valence-electron chi connectivity index (χ4n) is 8.32. The zero-order valence-corrected chi connectivity index (χ0v) is 33.7. The minimum atomic E-state index is 1.03. The summed E-state index contributed by atoms with van der Waals surface area (Å²) in [6, 6.07) is 78.8. The molecule has 0 fully saturated rings. The van der Waals surface area contributed by atoms with Gasteiger partial charge >= 0.3 is 0 Å². The van der Waals surface area contributed by atoms with Crippen LogP contribution >= 0.6 is 11.3 Å². The summed E-state index contributed by atoms with van der Waals surface area (Å²) in [6.07, 6.45) is 0. The molecule has 10 rings (SSSR count). The molecule has 0 N–H and O–H groups in total. The molecule has 280 valence electrons. The fourth-order valence-corrected chi connectivity index (χ4v) is 9.55. The van der Waals surface area contributed by atoms with E-state index in [4.69, 9.17) is 0 Å². The van der Waals surface area contributed by atoms with Crippen molar-refractivity contribution in [3.8, 4) is 44.5 Å². The number of hydrogen-bond acceptors (Lipinski definition) is 2. The summed E-state index contributed by atoms with van der Waals surface area (Å²) in [6.45, 7) is 6.72. The topological polar surface area (TPSA) is 3.24 Å². The summed E-state index contributed by atoms with van der Waals surface area (Å²) < 4.78 is 2.65. The molecule has 0 unspecified atom stereocenters. The first-order valence-corrected chi connectivity index (χ1v) is 20.9. The van der Waals surface area contributed by atoms with Crippen molar-refractivity contribution >= 4 is 54.1 Å². The number of nitrogens with zero attached hydrogens (tertiary/aromatic N) is 1. The van der Waals surface area contributed by atoms with Crippen LogP contribution in [0.5, 0.6) is 0 Å². The highest BCUT2D eigenvalue weighted by atomic mass is 32.1. The SMILES string of the molecule is C=C(c1ccccc1)c1ccccc1-c1cc(-c2ccc(N(c3ccc(-c4ccccc4)cc3)c3ccc(-c4cccc5c4sc4ccccc45)cc3)cc2)ccc1C. The molecule has 0 saturated carbocycles. The molecule has 0 bridgehead atoms. The third-order valence-electron chi connectivity index (χ3n) is 11.4. The van der Waals surface area contributed by atoms with Gasteiger partial charge in [0.15, 0.2) is 0 Å². The molecule has 10 aromatic rings. The lowest BCUT2D eigenvalue weighted by Crippen LogP contribution is -2.09. The number of rotatable bonds is 9. The molecule has 0 atom stereocenters. The summed E-state index contributed by atoms with van der Waals surface area (Å²) >= 11 is 1.87. The first-order valence-electron chi connectivity index (χ1n) is 20.1. The monoisotopic (exact) mass is 771 g/mol. The van der Waals surface area contributed by atoms with Crippen LogP contribution in [0.1, 0.15) is 16.7 Å². The highest BCUT2D eigenvalue weighted by molar-refractivity contribution is 7.26. The van der Waals surface area contributed by atoms with Gasteiger partial charge < -0.3 is 4.90 Å². The molecule has 1 aromatic heterocycles. The number of thiophene rings is 1. The Morgan fingerprint density at radius 1 is 0.407 bits per heavy atom. The van der Waals surface area contributed by atoms with Crippen LogP contribution in [0.2, 0.25) is 0 Å². The summed E-state index contributed by atoms with van der Waals surface area (Å²) in [5, 5.41) is 2.63. The Balaban J connectivity index is 1.01. The summed E-state index contributed by atoms with van der Waals surface area (Å²) in [5.74, 6) is 0. The maximum absolute atomic E-state index is 4.52. The molecule has 0 aliphatic carbocycles. The van der Waals surface area contributed by atoms with Crippen molar-refractivity contribution in [1.82, 2.24) is 0 Å². The quantitative estimate of drug-likeness (QED) is 0.141. The molecule has 9 aromatic carbocycles.